The number of hydrogen-bond acceptors (Lipinski definition) is 2. The van der Waals surface area contributed by atoms with E-state index in [2.05, 4.69) is 40.4 Å². The van der Waals surface area contributed by atoms with Crippen LogP contribution >= 0.6 is 0 Å². The van der Waals surface area contributed by atoms with Gasteiger partial charge in [0.2, 0.25) is 0 Å². The molecule has 0 aliphatic carbocycles. The summed E-state index contributed by atoms with van der Waals surface area (Å²) in [5.41, 5.74) is 10.9. The molecule has 2 heteroatoms. The van der Waals surface area contributed by atoms with Crippen LogP contribution in [0.15, 0.2) is 0 Å². The van der Waals surface area contributed by atoms with E-state index < -0.39 is 0 Å². The highest BCUT2D eigenvalue weighted by atomic mass is 14.6. The molecule has 0 amide bonds. The van der Waals surface area contributed by atoms with Crippen molar-refractivity contribution in [2.75, 3.05) is 7.05 Å². The minimum atomic E-state index is 0.363. The van der Waals surface area contributed by atoms with E-state index in [0.29, 0.717) is 11.5 Å². The number of rotatable bonds is 8. The zero-order valence-corrected chi connectivity index (χ0v) is 13.1. The van der Waals surface area contributed by atoms with Crippen LogP contribution in [-0.4, -0.2) is 13.1 Å². The molecule has 0 heterocycles. The molecule has 0 saturated heterocycles. The fourth-order valence-electron chi connectivity index (χ4n) is 3.02. The van der Waals surface area contributed by atoms with Gasteiger partial charge in [-0.15, -0.1) is 0 Å². The van der Waals surface area contributed by atoms with Crippen LogP contribution in [0.3, 0.4) is 0 Å². The first-order chi connectivity index (χ1) is 8.06. The van der Waals surface area contributed by atoms with E-state index in [9.17, 15) is 0 Å². The fourth-order valence-corrected chi connectivity index (χ4v) is 3.02. The molecule has 0 aliphatic rings. The smallest absolute Gasteiger partial charge is 0.00105 e. The van der Waals surface area contributed by atoms with E-state index in [4.69, 9.17) is 5.73 Å². The van der Waals surface area contributed by atoms with Crippen molar-refractivity contribution in [3.05, 3.63) is 0 Å². The predicted octanol–water partition coefficient (Wildman–Crippen LogP) is 3.93. The van der Waals surface area contributed by atoms with Crippen LogP contribution in [-0.2, 0) is 0 Å². The average Bonchev–Trinajstić information content (AvgIpc) is 2.37. The lowest BCUT2D eigenvalue weighted by Gasteiger charge is -2.39. The summed E-state index contributed by atoms with van der Waals surface area (Å²) in [5, 5.41) is 0. The summed E-state index contributed by atoms with van der Waals surface area (Å²) in [6, 6.07) is 0.363. The molecule has 0 aromatic carbocycles. The summed E-state index contributed by atoms with van der Waals surface area (Å²) in [4.78, 5) is 0. The molecule has 2 atom stereocenters. The van der Waals surface area contributed by atoms with Gasteiger partial charge in [0.1, 0.15) is 0 Å². The van der Waals surface area contributed by atoms with E-state index in [1.165, 1.54) is 45.6 Å². The summed E-state index contributed by atoms with van der Waals surface area (Å²) >= 11 is 0. The van der Waals surface area contributed by atoms with Crippen molar-refractivity contribution in [3.63, 3.8) is 0 Å². The topological polar surface area (TPSA) is 52.0 Å². The van der Waals surface area contributed by atoms with Crippen LogP contribution in [0.1, 0.15) is 73.1 Å². The van der Waals surface area contributed by atoms with E-state index in [1.807, 2.05) is 0 Å². The summed E-state index contributed by atoms with van der Waals surface area (Å²) in [6.07, 6.45) is 7.75. The average molecular weight is 244 g/mol. The van der Waals surface area contributed by atoms with Gasteiger partial charge in [-0.1, -0.05) is 53.4 Å². The summed E-state index contributed by atoms with van der Waals surface area (Å²) in [6.45, 7) is 11.5. The molecule has 0 bridgehead atoms. The Morgan fingerprint density at radius 3 is 1.53 bits per heavy atom. The van der Waals surface area contributed by atoms with Gasteiger partial charge in [-0.2, -0.15) is 0 Å². The lowest BCUT2D eigenvalue weighted by atomic mass is 9.66. The van der Waals surface area contributed by atoms with Gasteiger partial charge in [-0.25, -0.2) is 0 Å². The molecule has 0 aromatic rings. The van der Waals surface area contributed by atoms with Crippen molar-refractivity contribution in [1.82, 2.24) is 0 Å². The van der Waals surface area contributed by atoms with E-state index in [1.54, 1.807) is 0 Å². The first kappa shape index (κ1) is 19.3. The van der Waals surface area contributed by atoms with E-state index in [-0.39, 0.29) is 0 Å². The molecule has 106 valence electrons. The molecule has 0 rings (SSSR count). The zero-order valence-electron chi connectivity index (χ0n) is 13.1. The molecular weight excluding hydrogens is 208 g/mol. The standard InChI is InChI=1S/C14H31N.CH5N/c1-6-13(11-10-12(5)15)14(7-2,8-3)9-4;1-2/h12-13H,6-11,15H2,1-5H3;2H2,1H3. The maximum absolute atomic E-state index is 5.86. The van der Waals surface area contributed by atoms with Crippen molar-refractivity contribution >= 4 is 0 Å². The minimum absolute atomic E-state index is 0.363. The molecule has 0 aromatic heterocycles. The largest absolute Gasteiger partial charge is 0.333 e. The van der Waals surface area contributed by atoms with Gasteiger partial charge in [0.15, 0.2) is 0 Å². The Hall–Kier alpha value is -0.0800. The van der Waals surface area contributed by atoms with Crippen LogP contribution < -0.4 is 11.5 Å². The third-order valence-corrected chi connectivity index (χ3v) is 4.44. The van der Waals surface area contributed by atoms with Crippen molar-refractivity contribution < 1.29 is 0 Å². The Bertz CT molecular complexity index is 143. The molecule has 0 aliphatic heterocycles. The van der Waals surface area contributed by atoms with Crippen LogP contribution in [0.2, 0.25) is 0 Å². The third kappa shape index (κ3) is 6.42. The van der Waals surface area contributed by atoms with Crippen molar-refractivity contribution in [3.8, 4) is 0 Å². The normalized spacial score (nSPS) is 14.8. The van der Waals surface area contributed by atoms with Crippen molar-refractivity contribution in [1.29, 1.82) is 0 Å². The molecule has 0 saturated carbocycles. The lowest BCUT2D eigenvalue weighted by molar-refractivity contribution is 0.118. The molecular formula is C15H36N2. The van der Waals surface area contributed by atoms with E-state index in [0.717, 1.165) is 5.92 Å². The maximum atomic E-state index is 5.86. The predicted molar refractivity (Wildman–Crippen MR) is 80.1 cm³/mol. The van der Waals surface area contributed by atoms with Crippen molar-refractivity contribution in [2.24, 2.45) is 22.8 Å². The monoisotopic (exact) mass is 244 g/mol. The Morgan fingerprint density at radius 2 is 1.29 bits per heavy atom. The third-order valence-electron chi connectivity index (χ3n) is 4.44. The Morgan fingerprint density at radius 1 is 0.882 bits per heavy atom. The SMILES string of the molecule is CCC(CCC(C)N)C(CC)(CC)CC.CN. The Balaban J connectivity index is 0. The highest BCUT2D eigenvalue weighted by Gasteiger charge is 2.32. The molecule has 0 fully saturated rings. The molecule has 0 spiro atoms. The highest BCUT2D eigenvalue weighted by molar-refractivity contribution is 4.83. The van der Waals surface area contributed by atoms with Gasteiger partial charge < -0.3 is 11.5 Å². The van der Waals surface area contributed by atoms with E-state index >= 15 is 0 Å². The summed E-state index contributed by atoms with van der Waals surface area (Å²) < 4.78 is 0. The van der Waals surface area contributed by atoms with Gasteiger partial charge in [0.25, 0.3) is 0 Å². The Labute approximate surface area is 110 Å². The minimum Gasteiger partial charge on any atom is -0.333 e. The summed E-state index contributed by atoms with van der Waals surface area (Å²) in [7, 11) is 1.50. The molecule has 17 heavy (non-hydrogen) atoms. The van der Waals surface area contributed by atoms with Crippen LogP contribution in [0, 0.1) is 11.3 Å². The molecule has 0 radical (unpaired) electrons. The van der Waals surface area contributed by atoms with Crippen LogP contribution in [0.5, 0.6) is 0 Å². The quantitative estimate of drug-likeness (QED) is 0.679. The second-order valence-electron chi connectivity index (χ2n) is 5.08. The first-order valence-corrected chi connectivity index (χ1v) is 7.39. The van der Waals surface area contributed by atoms with Gasteiger partial charge in [-0.3, -0.25) is 0 Å². The second kappa shape index (κ2) is 11.0. The van der Waals surface area contributed by atoms with Gasteiger partial charge in [0.05, 0.1) is 0 Å². The lowest BCUT2D eigenvalue weighted by Crippen LogP contribution is -2.30. The highest BCUT2D eigenvalue weighted by Crippen LogP contribution is 2.42. The molecule has 4 N–H and O–H groups in total. The van der Waals surface area contributed by atoms with Crippen LogP contribution in [0.25, 0.3) is 0 Å². The number of nitrogens with two attached hydrogens (primary N) is 2. The second-order valence-corrected chi connectivity index (χ2v) is 5.08. The first-order valence-electron chi connectivity index (χ1n) is 7.39. The number of hydrogen-bond donors (Lipinski definition) is 2. The van der Waals surface area contributed by atoms with Gasteiger partial charge in [0, 0.05) is 6.04 Å². The molecule has 2 unspecified atom stereocenters. The zero-order chi connectivity index (χ0) is 13.9. The van der Waals surface area contributed by atoms with Crippen molar-refractivity contribution in [2.45, 2.75) is 79.2 Å². The Kier molecular flexibility index (Phi) is 12.5. The fraction of sp³-hybridized carbons (Fsp3) is 1.00. The maximum Gasteiger partial charge on any atom is 0.00105 e. The van der Waals surface area contributed by atoms with Gasteiger partial charge >= 0.3 is 0 Å². The molecule has 2 nitrogen and oxygen atoms in total. The van der Waals surface area contributed by atoms with Gasteiger partial charge in [-0.05, 0) is 38.1 Å². The summed E-state index contributed by atoms with van der Waals surface area (Å²) in [5.74, 6) is 0.864. The van der Waals surface area contributed by atoms with Crippen LogP contribution in [0.4, 0.5) is 0 Å².